The Kier molecular flexibility index (Phi) is 6.80. The Hall–Kier alpha value is -1.14. The molecule has 1 rings (SSSR count). The van der Waals surface area contributed by atoms with Crippen LogP contribution in [-0.2, 0) is 4.79 Å². The molecule has 1 amide bonds. The molecule has 1 aromatic rings. The Bertz CT molecular complexity index is 429. The maximum atomic E-state index is 13.3. The third-order valence-electron chi connectivity index (χ3n) is 2.41. The minimum atomic E-state index is -0.677. The van der Waals surface area contributed by atoms with Crippen LogP contribution < -0.4 is 5.32 Å². The fraction of sp³-hybridized carbons (Fsp3) is 0.462. The van der Waals surface area contributed by atoms with E-state index in [-0.39, 0.29) is 23.1 Å². The van der Waals surface area contributed by atoms with Gasteiger partial charge in [0.2, 0.25) is 5.91 Å². The molecule has 0 saturated heterocycles. The maximum Gasteiger partial charge on any atom is 0.230 e. The Labute approximate surface area is 115 Å². The highest BCUT2D eigenvalue weighted by Crippen LogP contribution is 2.21. The van der Waals surface area contributed by atoms with Crippen molar-refractivity contribution in [1.82, 2.24) is 5.32 Å². The Balaban J connectivity index is 2.33. The molecule has 1 aromatic carbocycles. The van der Waals surface area contributed by atoms with E-state index in [1.54, 1.807) is 0 Å². The summed E-state index contributed by atoms with van der Waals surface area (Å²) in [6, 6.07) is 3.23. The zero-order valence-electron chi connectivity index (χ0n) is 10.7. The van der Waals surface area contributed by atoms with Crippen LogP contribution in [0.5, 0.6) is 0 Å². The quantitative estimate of drug-likeness (QED) is 0.757. The molecule has 6 heteroatoms. The molecule has 0 aliphatic heterocycles. The molecule has 0 bridgehead atoms. The van der Waals surface area contributed by atoms with E-state index in [1.165, 1.54) is 6.07 Å². The van der Waals surface area contributed by atoms with E-state index in [2.05, 4.69) is 5.32 Å². The molecule has 19 heavy (non-hydrogen) atoms. The lowest BCUT2D eigenvalue weighted by molar-refractivity contribution is -0.119. The van der Waals surface area contributed by atoms with E-state index < -0.39 is 17.7 Å². The summed E-state index contributed by atoms with van der Waals surface area (Å²) in [5, 5.41) is 12.0. The van der Waals surface area contributed by atoms with Crippen LogP contribution in [-0.4, -0.2) is 29.4 Å². The lowest BCUT2D eigenvalue weighted by Crippen LogP contribution is -2.33. The molecule has 0 spiro atoms. The Morgan fingerprint density at radius 3 is 2.84 bits per heavy atom. The van der Waals surface area contributed by atoms with Gasteiger partial charge in [-0.15, -0.1) is 11.8 Å². The van der Waals surface area contributed by atoms with Crippen molar-refractivity contribution in [2.45, 2.75) is 30.8 Å². The van der Waals surface area contributed by atoms with Gasteiger partial charge in [0, 0.05) is 17.5 Å². The summed E-state index contributed by atoms with van der Waals surface area (Å²) in [4.78, 5) is 11.7. The van der Waals surface area contributed by atoms with E-state index in [9.17, 15) is 18.7 Å². The number of hydrogen-bond donors (Lipinski definition) is 2. The standard InChI is InChI=1S/C13H17F2NO2S/c1-2-3-10(17)7-16-13(18)8-19-12-5-4-9(14)6-11(12)15/h4-6,10,17H,2-3,7-8H2,1H3,(H,16,18). The summed E-state index contributed by atoms with van der Waals surface area (Å²) in [5.74, 6) is -1.58. The number of hydrogen-bond acceptors (Lipinski definition) is 3. The molecule has 0 heterocycles. The van der Waals surface area contributed by atoms with E-state index in [4.69, 9.17) is 0 Å². The molecule has 0 aliphatic carbocycles. The lowest BCUT2D eigenvalue weighted by Gasteiger charge is -2.10. The summed E-state index contributed by atoms with van der Waals surface area (Å²) in [7, 11) is 0. The SMILES string of the molecule is CCCC(O)CNC(=O)CSc1ccc(F)cc1F. The van der Waals surface area contributed by atoms with Gasteiger partial charge in [0.05, 0.1) is 11.9 Å². The molecule has 106 valence electrons. The predicted molar refractivity (Wildman–Crippen MR) is 71.0 cm³/mol. The second-order valence-corrected chi connectivity index (χ2v) is 5.13. The summed E-state index contributed by atoms with van der Waals surface area (Å²) < 4.78 is 26.0. The third kappa shape index (κ3) is 6.02. The van der Waals surface area contributed by atoms with Crippen molar-refractivity contribution in [3.05, 3.63) is 29.8 Å². The molecule has 0 aromatic heterocycles. The van der Waals surface area contributed by atoms with E-state index >= 15 is 0 Å². The van der Waals surface area contributed by atoms with Crippen LogP contribution in [0.2, 0.25) is 0 Å². The Morgan fingerprint density at radius 1 is 1.47 bits per heavy atom. The van der Waals surface area contributed by atoms with Gasteiger partial charge < -0.3 is 10.4 Å². The smallest absolute Gasteiger partial charge is 0.230 e. The van der Waals surface area contributed by atoms with Gasteiger partial charge in [-0.05, 0) is 18.6 Å². The highest BCUT2D eigenvalue weighted by Gasteiger charge is 2.09. The zero-order chi connectivity index (χ0) is 14.3. The number of benzene rings is 1. The summed E-state index contributed by atoms with van der Waals surface area (Å²) in [6.45, 7) is 2.14. The van der Waals surface area contributed by atoms with Crippen molar-refractivity contribution in [2.75, 3.05) is 12.3 Å². The summed E-state index contributed by atoms with van der Waals surface area (Å²) >= 11 is 0.994. The average Bonchev–Trinajstić information content (AvgIpc) is 2.35. The van der Waals surface area contributed by atoms with E-state index in [0.717, 1.165) is 30.3 Å². The summed E-state index contributed by atoms with van der Waals surface area (Å²) in [5.41, 5.74) is 0. The van der Waals surface area contributed by atoms with Gasteiger partial charge >= 0.3 is 0 Å². The number of thioether (sulfide) groups is 1. The van der Waals surface area contributed by atoms with E-state index in [1.807, 2.05) is 6.92 Å². The first kappa shape index (κ1) is 15.9. The highest BCUT2D eigenvalue weighted by atomic mass is 32.2. The topological polar surface area (TPSA) is 49.3 Å². The number of carbonyl (C=O) groups is 1. The molecule has 0 aliphatic rings. The minimum Gasteiger partial charge on any atom is -0.391 e. The zero-order valence-corrected chi connectivity index (χ0v) is 11.5. The first-order valence-corrected chi connectivity index (χ1v) is 7.04. The molecule has 0 fully saturated rings. The van der Waals surface area contributed by atoms with Gasteiger partial charge in [0.1, 0.15) is 11.6 Å². The molecular formula is C13H17F2NO2S. The normalized spacial score (nSPS) is 12.2. The molecule has 1 unspecified atom stereocenters. The third-order valence-corrected chi connectivity index (χ3v) is 3.46. The number of amides is 1. The fourth-order valence-corrected chi connectivity index (χ4v) is 2.20. The maximum absolute atomic E-state index is 13.3. The van der Waals surface area contributed by atoms with Gasteiger partial charge in [-0.2, -0.15) is 0 Å². The number of carbonyl (C=O) groups excluding carboxylic acids is 1. The summed E-state index contributed by atoms with van der Waals surface area (Å²) in [6.07, 6.45) is 0.911. The first-order chi connectivity index (χ1) is 9.02. The molecule has 2 N–H and O–H groups in total. The first-order valence-electron chi connectivity index (χ1n) is 6.05. The predicted octanol–water partition coefficient (Wildman–Crippen LogP) is 2.33. The molecule has 3 nitrogen and oxygen atoms in total. The Morgan fingerprint density at radius 2 is 2.21 bits per heavy atom. The van der Waals surface area contributed by atoms with Crippen LogP contribution in [0.15, 0.2) is 23.1 Å². The van der Waals surface area contributed by atoms with Crippen LogP contribution in [0.1, 0.15) is 19.8 Å². The molecule has 0 radical (unpaired) electrons. The van der Waals surface area contributed by atoms with Crippen LogP contribution in [0, 0.1) is 11.6 Å². The van der Waals surface area contributed by atoms with Crippen molar-refractivity contribution in [3.63, 3.8) is 0 Å². The van der Waals surface area contributed by atoms with E-state index in [0.29, 0.717) is 6.42 Å². The minimum absolute atomic E-state index is 0.0292. The molecule has 0 saturated carbocycles. The van der Waals surface area contributed by atoms with Crippen LogP contribution in [0.4, 0.5) is 8.78 Å². The molecular weight excluding hydrogens is 272 g/mol. The van der Waals surface area contributed by atoms with Gasteiger partial charge in [0.15, 0.2) is 0 Å². The number of nitrogens with one attached hydrogen (secondary N) is 1. The fourth-order valence-electron chi connectivity index (χ4n) is 1.45. The largest absolute Gasteiger partial charge is 0.391 e. The number of rotatable bonds is 7. The van der Waals surface area contributed by atoms with Crippen molar-refractivity contribution in [2.24, 2.45) is 0 Å². The number of aliphatic hydroxyl groups excluding tert-OH is 1. The van der Waals surface area contributed by atoms with Crippen molar-refractivity contribution in [3.8, 4) is 0 Å². The van der Waals surface area contributed by atoms with Gasteiger partial charge in [-0.3, -0.25) is 4.79 Å². The van der Waals surface area contributed by atoms with Crippen LogP contribution in [0.3, 0.4) is 0 Å². The van der Waals surface area contributed by atoms with Gasteiger partial charge in [-0.25, -0.2) is 8.78 Å². The van der Waals surface area contributed by atoms with Crippen LogP contribution in [0.25, 0.3) is 0 Å². The van der Waals surface area contributed by atoms with Gasteiger partial charge in [0.25, 0.3) is 0 Å². The van der Waals surface area contributed by atoms with Crippen molar-refractivity contribution < 1.29 is 18.7 Å². The second kappa shape index (κ2) is 8.12. The number of halogens is 2. The van der Waals surface area contributed by atoms with Gasteiger partial charge in [-0.1, -0.05) is 13.3 Å². The monoisotopic (exact) mass is 289 g/mol. The lowest BCUT2D eigenvalue weighted by atomic mass is 10.2. The second-order valence-electron chi connectivity index (χ2n) is 4.11. The number of aliphatic hydroxyl groups is 1. The van der Waals surface area contributed by atoms with Crippen LogP contribution >= 0.6 is 11.8 Å². The van der Waals surface area contributed by atoms with Crippen molar-refractivity contribution >= 4 is 17.7 Å². The molecule has 1 atom stereocenters. The highest BCUT2D eigenvalue weighted by molar-refractivity contribution is 8.00. The average molecular weight is 289 g/mol. The van der Waals surface area contributed by atoms with Crippen molar-refractivity contribution in [1.29, 1.82) is 0 Å².